The molecule has 100 valence electrons. The van der Waals surface area contributed by atoms with Gasteiger partial charge in [0.15, 0.2) is 0 Å². The Hall–Kier alpha value is -0.160. The van der Waals surface area contributed by atoms with Gasteiger partial charge in [-0.05, 0) is 26.3 Å². The molecule has 2 aliphatic heterocycles. The maximum Gasteiger partial charge on any atom is 0.0882 e. The summed E-state index contributed by atoms with van der Waals surface area (Å²) >= 11 is 0. The second kappa shape index (κ2) is 6.14. The molecule has 0 aliphatic carbocycles. The lowest BCUT2D eigenvalue weighted by Crippen LogP contribution is -2.63. The molecule has 2 heterocycles. The number of ether oxygens (including phenoxy) is 2. The highest BCUT2D eigenvalue weighted by Crippen LogP contribution is 2.31. The van der Waals surface area contributed by atoms with Gasteiger partial charge in [0.25, 0.3) is 0 Å². The topological polar surface area (TPSA) is 33.7 Å². The van der Waals surface area contributed by atoms with Crippen LogP contribution in [0.2, 0.25) is 0 Å². The Morgan fingerprint density at radius 2 is 2.12 bits per heavy atom. The number of rotatable bonds is 4. The molecule has 0 radical (unpaired) electrons. The van der Waals surface area contributed by atoms with Crippen LogP contribution in [-0.4, -0.2) is 62.5 Å². The van der Waals surface area contributed by atoms with Gasteiger partial charge in [0.2, 0.25) is 0 Å². The third-order valence-electron chi connectivity index (χ3n) is 4.16. The first-order valence-electron chi connectivity index (χ1n) is 6.98. The number of likely N-dealkylation sites (tertiary alicyclic amines) is 1. The Labute approximate surface area is 105 Å². The summed E-state index contributed by atoms with van der Waals surface area (Å²) in [6.45, 7) is 11.1. The first kappa shape index (κ1) is 13.3. The van der Waals surface area contributed by atoms with E-state index in [2.05, 4.69) is 24.1 Å². The number of hydrogen-bond acceptors (Lipinski definition) is 4. The van der Waals surface area contributed by atoms with E-state index < -0.39 is 0 Å². The van der Waals surface area contributed by atoms with Gasteiger partial charge in [0.05, 0.1) is 24.9 Å². The maximum absolute atomic E-state index is 6.14. The van der Waals surface area contributed by atoms with Crippen LogP contribution in [0.3, 0.4) is 0 Å². The Bertz CT molecular complexity index is 227. The standard InChI is InChI=1S/C13H26N2O2/c1-3-15-8-5-13(6-9-15)12(11-16-4-2)14-7-10-17-13/h12,14H,3-11H2,1-2H3. The minimum absolute atomic E-state index is 0.0269. The first-order valence-corrected chi connectivity index (χ1v) is 6.98. The molecule has 1 atom stereocenters. The lowest BCUT2D eigenvalue weighted by atomic mass is 9.83. The number of morpholine rings is 1. The van der Waals surface area contributed by atoms with Crippen LogP contribution in [0, 0.1) is 0 Å². The average Bonchev–Trinajstić information content (AvgIpc) is 2.39. The zero-order valence-electron chi connectivity index (χ0n) is 11.2. The van der Waals surface area contributed by atoms with E-state index in [1.165, 1.54) is 0 Å². The van der Waals surface area contributed by atoms with Crippen LogP contribution in [0.4, 0.5) is 0 Å². The van der Waals surface area contributed by atoms with Crippen molar-refractivity contribution in [2.45, 2.75) is 38.3 Å². The second-order valence-electron chi connectivity index (χ2n) is 5.01. The largest absolute Gasteiger partial charge is 0.380 e. The van der Waals surface area contributed by atoms with Gasteiger partial charge in [-0.15, -0.1) is 0 Å². The first-order chi connectivity index (χ1) is 8.30. The zero-order chi connectivity index (χ0) is 12.1. The fourth-order valence-electron chi connectivity index (χ4n) is 2.96. The Balaban J connectivity index is 1.95. The molecule has 1 N–H and O–H groups in total. The minimum atomic E-state index is 0.0269. The molecule has 0 aromatic rings. The van der Waals surface area contributed by atoms with E-state index in [9.17, 15) is 0 Å². The molecule has 0 aromatic heterocycles. The maximum atomic E-state index is 6.14. The summed E-state index contributed by atoms with van der Waals surface area (Å²) in [5, 5.41) is 3.58. The summed E-state index contributed by atoms with van der Waals surface area (Å²) in [6, 6.07) is 0.371. The van der Waals surface area contributed by atoms with Crippen molar-refractivity contribution in [3.8, 4) is 0 Å². The summed E-state index contributed by atoms with van der Waals surface area (Å²) in [7, 11) is 0. The molecule has 0 aromatic carbocycles. The van der Waals surface area contributed by atoms with Gasteiger partial charge in [-0.25, -0.2) is 0 Å². The van der Waals surface area contributed by atoms with Crippen molar-refractivity contribution in [2.24, 2.45) is 0 Å². The van der Waals surface area contributed by atoms with E-state index in [0.29, 0.717) is 6.04 Å². The van der Waals surface area contributed by atoms with Crippen molar-refractivity contribution >= 4 is 0 Å². The molecule has 2 saturated heterocycles. The third-order valence-corrected chi connectivity index (χ3v) is 4.16. The number of nitrogens with one attached hydrogen (secondary N) is 1. The van der Waals surface area contributed by atoms with Crippen LogP contribution in [0.15, 0.2) is 0 Å². The fourth-order valence-corrected chi connectivity index (χ4v) is 2.96. The summed E-state index contributed by atoms with van der Waals surface area (Å²) in [6.07, 6.45) is 2.26. The van der Waals surface area contributed by atoms with Crippen LogP contribution in [0.5, 0.6) is 0 Å². The Morgan fingerprint density at radius 1 is 1.35 bits per heavy atom. The Morgan fingerprint density at radius 3 is 2.76 bits per heavy atom. The van der Waals surface area contributed by atoms with Gasteiger partial charge in [-0.1, -0.05) is 6.92 Å². The van der Waals surface area contributed by atoms with E-state index in [1.807, 2.05) is 0 Å². The van der Waals surface area contributed by atoms with Crippen molar-refractivity contribution in [3.63, 3.8) is 0 Å². The van der Waals surface area contributed by atoms with Gasteiger partial charge < -0.3 is 19.7 Å². The van der Waals surface area contributed by atoms with Gasteiger partial charge in [0, 0.05) is 26.2 Å². The van der Waals surface area contributed by atoms with Crippen LogP contribution >= 0.6 is 0 Å². The van der Waals surface area contributed by atoms with Crippen LogP contribution in [0.1, 0.15) is 26.7 Å². The number of nitrogens with zero attached hydrogens (tertiary/aromatic N) is 1. The highest BCUT2D eigenvalue weighted by Gasteiger charge is 2.44. The number of hydrogen-bond donors (Lipinski definition) is 1. The molecule has 0 amide bonds. The quantitative estimate of drug-likeness (QED) is 0.793. The molecule has 1 spiro atoms. The normalized spacial score (nSPS) is 29.6. The summed E-state index contributed by atoms with van der Waals surface area (Å²) in [5.74, 6) is 0. The summed E-state index contributed by atoms with van der Waals surface area (Å²) in [4.78, 5) is 2.50. The van der Waals surface area contributed by atoms with Crippen LogP contribution < -0.4 is 5.32 Å². The molecule has 4 nitrogen and oxygen atoms in total. The van der Waals surface area contributed by atoms with E-state index in [-0.39, 0.29) is 5.60 Å². The van der Waals surface area contributed by atoms with Gasteiger partial charge >= 0.3 is 0 Å². The predicted octanol–water partition coefficient (Wildman–Crippen LogP) is 0.866. The molecule has 0 bridgehead atoms. The van der Waals surface area contributed by atoms with Crippen molar-refractivity contribution in [2.75, 3.05) is 46.0 Å². The lowest BCUT2D eigenvalue weighted by molar-refractivity contribution is -0.139. The van der Waals surface area contributed by atoms with Gasteiger partial charge in [-0.2, -0.15) is 0 Å². The van der Waals surface area contributed by atoms with Gasteiger partial charge in [0.1, 0.15) is 0 Å². The molecular weight excluding hydrogens is 216 g/mol. The Kier molecular flexibility index (Phi) is 4.79. The monoisotopic (exact) mass is 242 g/mol. The second-order valence-corrected chi connectivity index (χ2v) is 5.01. The SMILES string of the molecule is CCOCC1NCCOC12CCN(CC)CC2. The molecule has 4 heteroatoms. The molecular formula is C13H26N2O2. The summed E-state index contributed by atoms with van der Waals surface area (Å²) < 4.78 is 11.7. The average molecular weight is 242 g/mol. The molecule has 2 fully saturated rings. The predicted molar refractivity (Wildman–Crippen MR) is 68.3 cm³/mol. The third kappa shape index (κ3) is 2.99. The minimum Gasteiger partial charge on any atom is -0.380 e. The smallest absolute Gasteiger partial charge is 0.0882 e. The molecule has 1 unspecified atom stereocenters. The zero-order valence-corrected chi connectivity index (χ0v) is 11.2. The number of piperidine rings is 1. The van der Waals surface area contributed by atoms with E-state index in [1.54, 1.807) is 0 Å². The van der Waals surface area contributed by atoms with E-state index in [4.69, 9.17) is 9.47 Å². The van der Waals surface area contributed by atoms with E-state index in [0.717, 1.165) is 58.8 Å². The molecule has 0 saturated carbocycles. The van der Waals surface area contributed by atoms with Crippen molar-refractivity contribution < 1.29 is 9.47 Å². The van der Waals surface area contributed by atoms with Crippen LogP contribution in [0.25, 0.3) is 0 Å². The van der Waals surface area contributed by atoms with Gasteiger partial charge in [-0.3, -0.25) is 0 Å². The van der Waals surface area contributed by atoms with Crippen LogP contribution in [-0.2, 0) is 9.47 Å². The van der Waals surface area contributed by atoms with E-state index >= 15 is 0 Å². The lowest BCUT2D eigenvalue weighted by Gasteiger charge is -2.48. The highest BCUT2D eigenvalue weighted by atomic mass is 16.5. The molecule has 17 heavy (non-hydrogen) atoms. The van der Waals surface area contributed by atoms with Crippen molar-refractivity contribution in [1.82, 2.24) is 10.2 Å². The highest BCUT2D eigenvalue weighted by molar-refractivity contribution is 4.99. The fraction of sp³-hybridized carbons (Fsp3) is 1.00. The molecule has 2 rings (SSSR count). The van der Waals surface area contributed by atoms with Crippen molar-refractivity contribution in [1.29, 1.82) is 0 Å². The summed E-state index contributed by atoms with van der Waals surface area (Å²) in [5.41, 5.74) is 0.0269. The van der Waals surface area contributed by atoms with Crippen molar-refractivity contribution in [3.05, 3.63) is 0 Å². The molecule has 2 aliphatic rings.